The van der Waals surface area contributed by atoms with Gasteiger partial charge in [0.1, 0.15) is 11.4 Å². The van der Waals surface area contributed by atoms with Gasteiger partial charge in [-0.05, 0) is 31.6 Å². The van der Waals surface area contributed by atoms with Gasteiger partial charge in [-0.1, -0.05) is 6.92 Å². The van der Waals surface area contributed by atoms with Crippen molar-refractivity contribution in [2.24, 2.45) is 5.92 Å². The number of nitrogens with one attached hydrogen (secondary N) is 1. The van der Waals surface area contributed by atoms with Gasteiger partial charge < -0.3 is 14.8 Å². The van der Waals surface area contributed by atoms with E-state index in [1.807, 2.05) is 13.1 Å². The smallest absolute Gasteiger partial charge is 0.162 e. The summed E-state index contributed by atoms with van der Waals surface area (Å²) in [6, 6.07) is 1.92. The van der Waals surface area contributed by atoms with E-state index >= 15 is 0 Å². The van der Waals surface area contributed by atoms with Gasteiger partial charge in [-0.15, -0.1) is 0 Å². The van der Waals surface area contributed by atoms with Crippen molar-refractivity contribution in [2.75, 3.05) is 26.6 Å². The standard InChI is InChI=1S/C15H25N3O2/c1-11-5-7-15(20-4,8-6-11)14-17-12(10-19-3)9-13(16-2)18-14/h9,11H,5-8,10H2,1-4H3,(H,16,17,18). The van der Waals surface area contributed by atoms with Crippen molar-refractivity contribution in [1.82, 2.24) is 9.97 Å². The van der Waals surface area contributed by atoms with E-state index in [2.05, 4.69) is 22.2 Å². The summed E-state index contributed by atoms with van der Waals surface area (Å²) in [6.07, 6.45) is 4.26. The molecule has 1 N–H and O–H groups in total. The Bertz CT molecular complexity index is 443. The maximum Gasteiger partial charge on any atom is 0.162 e. The van der Waals surface area contributed by atoms with Crippen LogP contribution in [0.25, 0.3) is 0 Å². The zero-order valence-corrected chi connectivity index (χ0v) is 12.9. The van der Waals surface area contributed by atoms with Crippen molar-refractivity contribution in [3.63, 3.8) is 0 Å². The third kappa shape index (κ3) is 3.10. The van der Waals surface area contributed by atoms with Crippen LogP contribution in [0.4, 0.5) is 5.82 Å². The van der Waals surface area contributed by atoms with Gasteiger partial charge in [0.2, 0.25) is 0 Å². The van der Waals surface area contributed by atoms with Gasteiger partial charge in [0.05, 0.1) is 12.3 Å². The molecule has 1 aliphatic carbocycles. The summed E-state index contributed by atoms with van der Waals surface area (Å²) >= 11 is 0. The van der Waals surface area contributed by atoms with Crippen molar-refractivity contribution >= 4 is 5.82 Å². The van der Waals surface area contributed by atoms with Crippen LogP contribution >= 0.6 is 0 Å². The van der Waals surface area contributed by atoms with Gasteiger partial charge in [0, 0.05) is 27.3 Å². The lowest BCUT2D eigenvalue weighted by molar-refractivity contribution is -0.0599. The van der Waals surface area contributed by atoms with Crippen LogP contribution in [0, 0.1) is 5.92 Å². The lowest BCUT2D eigenvalue weighted by atomic mass is 9.79. The SMILES string of the molecule is CNc1cc(COC)nc(C2(OC)CCC(C)CC2)n1. The number of rotatable bonds is 5. The van der Waals surface area contributed by atoms with Gasteiger partial charge >= 0.3 is 0 Å². The van der Waals surface area contributed by atoms with Crippen LogP contribution in [0.3, 0.4) is 0 Å². The predicted octanol–water partition coefficient (Wildman–Crippen LogP) is 2.72. The van der Waals surface area contributed by atoms with Crippen molar-refractivity contribution in [3.05, 3.63) is 17.6 Å². The second-order valence-corrected chi connectivity index (χ2v) is 5.63. The average Bonchev–Trinajstić information content (AvgIpc) is 2.48. The Morgan fingerprint density at radius 2 is 2.00 bits per heavy atom. The molecule has 20 heavy (non-hydrogen) atoms. The summed E-state index contributed by atoms with van der Waals surface area (Å²) in [6.45, 7) is 2.78. The predicted molar refractivity (Wildman–Crippen MR) is 78.6 cm³/mol. The van der Waals surface area contributed by atoms with Gasteiger partial charge in [0.15, 0.2) is 5.82 Å². The van der Waals surface area contributed by atoms with E-state index in [1.165, 1.54) is 0 Å². The summed E-state index contributed by atoms with van der Waals surface area (Å²) in [7, 11) is 5.31. The molecule has 1 aliphatic rings. The molecule has 1 fully saturated rings. The van der Waals surface area contributed by atoms with E-state index in [1.54, 1.807) is 14.2 Å². The van der Waals surface area contributed by atoms with E-state index < -0.39 is 0 Å². The number of aromatic nitrogens is 2. The first-order valence-corrected chi connectivity index (χ1v) is 7.24. The molecule has 5 heteroatoms. The van der Waals surface area contributed by atoms with Crippen molar-refractivity contribution in [2.45, 2.75) is 44.8 Å². The first-order valence-electron chi connectivity index (χ1n) is 7.24. The van der Waals surface area contributed by atoms with Crippen molar-refractivity contribution < 1.29 is 9.47 Å². The molecule has 0 bridgehead atoms. The first-order chi connectivity index (χ1) is 9.63. The second kappa shape index (κ2) is 6.50. The molecule has 0 atom stereocenters. The Morgan fingerprint density at radius 1 is 1.30 bits per heavy atom. The molecule has 1 aromatic heterocycles. The minimum atomic E-state index is -0.345. The molecule has 0 aromatic carbocycles. The summed E-state index contributed by atoms with van der Waals surface area (Å²) in [5, 5.41) is 3.09. The van der Waals surface area contributed by atoms with Crippen molar-refractivity contribution in [3.8, 4) is 0 Å². The van der Waals surface area contributed by atoms with Crippen LogP contribution in [0.5, 0.6) is 0 Å². The average molecular weight is 279 g/mol. The lowest BCUT2D eigenvalue weighted by Crippen LogP contribution is -2.35. The fourth-order valence-electron chi connectivity index (χ4n) is 2.80. The van der Waals surface area contributed by atoms with E-state index in [4.69, 9.17) is 9.47 Å². The molecule has 1 heterocycles. The highest BCUT2D eigenvalue weighted by molar-refractivity contribution is 5.36. The molecule has 5 nitrogen and oxygen atoms in total. The number of anilines is 1. The highest BCUT2D eigenvalue weighted by atomic mass is 16.5. The Balaban J connectivity index is 2.35. The van der Waals surface area contributed by atoms with Gasteiger partial charge in [-0.2, -0.15) is 0 Å². The summed E-state index contributed by atoms with van der Waals surface area (Å²) in [4.78, 5) is 9.28. The molecule has 1 aromatic rings. The Morgan fingerprint density at radius 3 is 2.55 bits per heavy atom. The molecule has 0 spiro atoms. The number of hydrogen-bond donors (Lipinski definition) is 1. The van der Waals surface area contributed by atoms with Crippen LogP contribution in [-0.4, -0.2) is 31.2 Å². The Hall–Kier alpha value is -1.20. The number of ether oxygens (including phenoxy) is 2. The molecule has 0 saturated heterocycles. The van der Waals surface area contributed by atoms with E-state index in [-0.39, 0.29) is 5.60 Å². The molecular weight excluding hydrogens is 254 g/mol. The second-order valence-electron chi connectivity index (χ2n) is 5.63. The van der Waals surface area contributed by atoms with Gasteiger partial charge in [-0.3, -0.25) is 0 Å². The number of methoxy groups -OCH3 is 2. The molecule has 0 radical (unpaired) electrons. The van der Waals surface area contributed by atoms with Crippen LogP contribution in [0.1, 0.15) is 44.1 Å². The quantitative estimate of drug-likeness (QED) is 0.898. The fourth-order valence-corrected chi connectivity index (χ4v) is 2.80. The maximum atomic E-state index is 5.85. The zero-order chi connectivity index (χ0) is 14.6. The summed E-state index contributed by atoms with van der Waals surface area (Å²) in [5.74, 6) is 2.35. The normalized spacial score (nSPS) is 26.5. The molecule has 2 rings (SSSR count). The Kier molecular flexibility index (Phi) is 4.94. The minimum absolute atomic E-state index is 0.345. The summed E-state index contributed by atoms with van der Waals surface area (Å²) < 4.78 is 11.0. The summed E-state index contributed by atoms with van der Waals surface area (Å²) in [5.41, 5.74) is 0.541. The fraction of sp³-hybridized carbons (Fsp3) is 0.733. The van der Waals surface area contributed by atoms with E-state index in [0.29, 0.717) is 6.61 Å². The third-order valence-corrected chi connectivity index (χ3v) is 4.21. The Labute approximate surface area is 121 Å². The van der Waals surface area contributed by atoms with Gasteiger partial charge in [0.25, 0.3) is 0 Å². The lowest BCUT2D eigenvalue weighted by Gasteiger charge is -2.37. The molecule has 112 valence electrons. The molecule has 0 amide bonds. The van der Waals surface area contributed by atoms with Gasteiger partial charge in [-0.25, -0.2) is 9.97 Å². The largest absolute Gasteiger partial charge is 0.378 e. The number of nitrogens with zero attached hydrogens (tertiary/aromatic N) is 2. The minimum Gasteiger partial charge on any atom is -0.378 e. The van der Waals surface area contributed by atoms with E-state index in [9.17, 15) is 0 Å². The highest BCUT2D eigenvalue weighted by Gasteiger charge is 2.39. The zero-order valence-electron chi connectivity index (χ0n) is 12.9. The number of hydrogen-bond acceptors (Lipinski definition) is 5. The van der Waals surface area contributed by atoms with Crippen LogP contribution in [0.15, 0.2) is 6.07 Å². The molecular formula is C15H25N3O2. The molecule has 0 unspecified atom stereocenters. The van der Waals surface area contributed by atoms with E-state index in [0.717, 1.165) is 48.9 Å². The van der Waals surface area contributed by atoms with Crippen LogP contribution < -0.4 is 5.32 Å². The maximum absolute atomic E-state index is 5.85. The van der Waals surface area contributed by atoms with Crippen LogP contribution in [0.2, 0.25) is 0 Å². The third-order valence-electron chi connectivity index (χ3n) is 4.21. The first kappa shape index (κ1) is 15.2. The van der Waals surface area contributed by atoms with Crippen LogP contribution in [-0.2, 0) is 21.7 Å². The molecule has 1 saturated carbocycles. The topological polar surface area (TPSA) is 56.3 Å². The highest BCUT2D eigenvalue weighted by Crippen LogP contribution is 2.40. The van der Waals surface area contributed by atoms with Crippen molar-refractivity contribution in [1.29, 1.82) is 0 Å². The monoisotopic (exact) mass is 279 g/mol. The molecule has 0 aliphatic heterocycles.